The maximum absolute atomic E-state index is 5.86. The second-order valence-corrected chi connectivity index (χ2v) is 4.64. The second-order valence-electron chi connectivity index (χ2n) is 4.64. The number of ether oxygens (including phenoxy) is 1. The van der Waals surface area contributed by atoms with Crippen LogP contribution in [0.3, 0.4) is 0 Å². The van der Waals surface area contributed by atoms with Gasteiger partial charge in [-0.25, -0.2) is 0 Å². The van der Waals surface area contributed by atoms with Gasteiger partial charge in [-0.1, -0.05) is 53.7 Å². The molecule has 1 aromatic heterocycles. The minimum absolute atomic E-state index is 0.330. The molecule has 0 spiro atoms. The van der Waals surface area contributed by atoms with Crippen molar-refractivity contribution in [2.45, 2.75) is 13.2 Å². The maximum atomic E-state index is 5.86. The number of nitrogens with zero attached hydrogens (tertiary/aromatic N) is 1. The van der Waals surface area contributed by atoms with Crippen molar-refractivity contribution in [1.29, 1.82) is 0 Å². The normalized spacial score (nSPS) is 10.5. The molecule has 0 aliphatic rings. The lowest BCUT2D eigenvalue weighted by Crippen LogP contribution is -1.96. The SMILES string of the molecule is NCc1cc(COc2ccccc2-c2ccccc2)on1. The maximum Gasteiger partial charge on any atom is 0.174 e. The first-order chi connectivity index (χ1) is 10.4. The molecule has 4 heteroatoms. The van der Waals surface area contributed by atoms with Gasteiger partial charge in [0.25, 0.3) is 0 Å². The van der Waals surface area contributed by atoms with Crippen molar-refractivity contribution in [3.05, 3.63) is 72.1 Å². The molecule has 1 heterocycles. The van der Waals surface area contributed by atoms with Gasteiger partial charge >= 0.3 is 0 Å². The quantitative estimate of drug-likeness (QED) is 0.778. The topological polar surface area (TPSA) is 61.3 Å². The van der Waals surface area contributed by atoms with E-state index in [4.69, 9.17) is 15.0 Å². The molecule has 0 bridgehead atoms. The van der Waals surface area contributed by atoms with E-state index in [0.717, 1.165) is 22.6 Å². The Morgan fingerprint density at radius 3 is 2.52 bits per heavy atom. The van der Waals surface area contributed by atoms with Gasteiger partial charge in [0, 0.05) is 18.2 Å². The van der Waals surface area contributed by atoms with E-state index in [1.165, 1.54) is 0 Å². The van der Waals surface area contributed by atoms with Crippen molar-refractivity contribution in [1.82, 2.24) is 5.16 Å². The Morgan fingerprint density at radius 2 is 1.76 bits per heavy atom. The van der Waals surface area contributed by atoms with Crippen LogP contribution in [0.5, 0.6) is 5.75 Å². The van der Waals surface area contributed by atoms with E-state index in [-0.39, 0.29) is 0 Å². The van der Waals surface area contributed by atoms with Gasteiger partial charge in [0.1, 0.15) is 12.4 Å². The Labute approximate surface area is 123 Å². The molecule has 3 rings (SSSR count). The summed E-state index contributed by atoms with van der Waals surface area (Å²) in [6.07, 6.45) is 0. The van der Waals surface area contributed by atoms with Gasteiger partial charge in [0.15, 0.2) is 5.76 Å². The van der Waals surface area contributed by atoms with Crippen LogP contribution in [0.4, 0.5) is 0 Å². The molecule has 2 aromatic carbocycles. The number of aromatic nitrogens is 1. The van der Waals surface area contributed by atoms with Gasteiger partial charge < -0.3 is 15.0 Å². The first kappa shape index (κ1) is 13.4. The molecule has 106 valence electrons. The molecule has 0 aliphatic carbocycles. The number of nitrogens with two attached hydrogens (primary N) is 1. The summed E-state index contributed by atoms with van der Waals surface area (Å²) in [7, 11) is 0. The number of rotatable bonds is 5. The van der Waals surface area contributed by atoms with E-state index in [1.54, 1.807) is 0 Å². The lowest BCUT2D eigenvalue weighted by Gasteiger charge is -2.10. The van der Waals surface area contributed by atoms with Crippen LogP contribution in [0, 0.1) is 0 Å². The summed E-state index contributed by atoms with van der Waals surface area (Å²) in [5, 5.41) is 3.85. The summed E-state index contributed by atoms with van der Waals surface area (Å²) in [5.41, 5.74) is 8.41. The zero-order chi connectivity index (χ0) is 14.5. The third kappa shape index (κ3) is 3.12. The summed E-state index contributed by atoms with van der Waals surface area (Å²) in [5.74, 6) is 1.48. The van der Waals surface area contributed by atoms with E-state index in [2.05, 4.69) is 17.3 Å². The molecule has 3 aromatic rings. The van der Waals surface area contributed by atoms with Crippen LogP contribution >= 0.6 is 0 Å². The number of hydrogen-bond donors (Lipinski definition) is 1. The minimum Gasteiger partial charge on any atom is -0.485 e. The highest BCUT2D eigenvalue weighted by molar-refractivity contribution is 5.70. The summed E-state index contributed by atoms with van der Waals surface area (Å²) >= 11 is 0. The van der Waals surface area contributed by atoms with Gasteiger partial charge in [-0.15, -0.1) is 0 Å². The molecule has 2 N–H and O–H groups in total. The van der Waals surface area contributed by atoms with Crippen molar-refractivity contribution >= 4 is 0 Å². The standard InChI is InChI=1S/C17H16N2O2/c18-11-14-10-15(21-19-14)12-20-17-9-5-4-8-16(17)13-6-2-1-3-7-13/h1-10H,11-12,18H2. The monoisotopic (exact) mass is 280 g/mol. The van der Waals surface area contributed by atoms with Crippen LogP contribution in [-0.4, -0.2) is 5.16 Å². The lowest BCUT2D eigenvalue weighted by molar-refractivity contribution is 0.249. The van der Waals surface area contributed by atoms with E-state index in [0.29, 0.717) is 18.9 Å². The number of benzene rings is 2. The molecule has 0 radical (unpaired) electrons. The fourth-order valence-corrected chi connectivity index (χ4v) is 2.12. The second kappa shape index (κ2) is 6.24. The highest BCUT2D eigenvalue weighted by Crippen LogP contribution is 2.30. The Kier molecular flexibility index (Phi) is 3.98. The van der Waals surface area contributed by atoms with Crippen molar-refractivity contribution in [2.24, 2.45) is 5.73 Å². The Morgan fingerprint density at radius 1 is 1.00 bits per heavy atom. The number of hydrogen-bond acceptors (Lipinski definition) is 4. The molecule has 0 aliphatic heterocycles. The Hall–Kier alpha value is -2.59. The Balaban J connectivity index is 1.79. The van der Waals surface area contributed by atoms with E-state index >= 15 is 0 Å². The van der Waals surface area contributed by atoms with Crippen LogP contribution in [0.25, 0.3) is 11.1 Å². The van der Waals surface area contributed by atoms with E-state index < -0.39 is 0 Å². The van der Waals surface area contributed by atoms with Gasteiger partial charge in [-0.3, -0.25) is 0 Å². The van der Waals surface area contributed by atoms with Crippen molar-refractivity contribution in [3.63, 3.8) is 0 Å². The van der Waals surface area contributed by atoms with Gasteiger partial charge in [-0.2, -0.15) is 0 Å². The third-order valence-corrected chi connectivity index (χ3v) is 3.16. The van der Waals surface area contributed by atoms with Crippen LogP contribution in [0.1, 0.15) is 11.5 Å². The molecule has 0 saturated carbocycles. The first-order valence-electron chi connectivity index (χ1n) is 6.78. The minimum atomic E-state index is 0.330. The van der Waals surface area contributed by atoms with Crippen molar-refractivity contribution in [2.75, 3.05) is 0 Å². The van der Waals surface area contributed by atoms with Crippen LogP contribution < -0.4 is 10.5 Å². The molecule has 4 nitrogen and oxygen atoms in total. The lowest BCUT2D eigenvalue weighted by atomic mass is 10.1. The van der Waals surface area contributed by atoms with Gasteiger partial charge in [0.2, 0.25) is 0 Å². The predicted molar refractivity (Wildman–Crippen MR) is 80.6 cm³/mol. The average molecular weight is 280 g/mol. The molecular weight excluding hydrogens is 264 g/mol. The molecule has 0 saturated heterocycles. The first-order valence-corrected chi connectivity index (χ1v) is 6.78. The highest BCUT2D eigenvalue weighted by atomic mass is 16.5. The van der Waals surface area contributed by atoms with Crippen LogP contribution in [-0.2, 0) is 13.2 Å². The van der Waals surface area contributed by atoms with E-state index in [9.17, 15) is 0 Å². The molecular formula is C17H16N2O2. The smallest absolute Gasteiger partial charge is 0.174 e. The summed E-state index contributed by atoms with van der Waals surface area (Å²) in [4.78, 5) is 0. The van der Waals surface area contributed by atoms with Gasteiger partial charge in [-0.05, 0) is 11.6 Å². The third-order valence-electron chi connectivity index (χ3n) is 3.16. The number of para-hydroxylation sites is 1. The zero-order valence-electron chi connectivity index (χ0n) is 11.5. The molecule has 0 fully saturated rings. The molecule has 0 amide bonds. The molecule has 0 atom stereocenters. The van der Waals surface area contributed by atoms with Crippen LogP contribution in [0.2, 0.25) is 0 Å². The fourth-order valence-electron chi connectivity index (χ4n) is 2.12. The summed E-state index contributed by atoms with van der Waals surface area (Å²) in [6.45, 7) is 0.695. The molecule has 0 unspecified atom stereocenters. The zero-order valence-corrected chi connectivity index (χ0v) is 11.5. The largest absolute Gasteiger partial charge is 0.485 e. The van der Waals surface area contributed by atoms with Crippen molar-refractivity contribution in [3.8, 4) is 16.9 Å². The molecule has 21 heavy (non-hydrogen) atoms. The predicted octanol–water partition coefficient (Wildman–Crippen LogP) is 3.38. The van der Waals surface area contributed by atoms with E-state index in [1.807, 2.05) is 48.5 Å². The van der Waals surface area contributed by atoms with Crippen LogP contribution in [0.15, 0.2) is 65.2 Å². The van der Waals surface area contributed by atoms with Gasteiger partial charge in [0.05, 0.1) is 5.69 Å². The van der Waals surface area contributed by atoms with Crippen molar-refractivity contribution < 1.29 is 9.26 Å². The Bertz CT molecular complexity index is 708. The average Bonchev–Trinajstić information content (AvgIpc) is 3.02. The summed E-state index contributed by atoms with van der Waals surface area (Å²) in [6, 6.07) is 19.9. The fraction of sp³-hybridized carbons (Fsp3) is 0.118. The summed E-state index contributed by atoms with van der Waals surface area (Å²) < 4.78 is 11.0. The highest BCUT2D eigenvalue weighted by Gasteiger charge is 2.08.